The van der Waals surface area contributed by atoms with Gasteiger partial charge in [0.25, 0.3) is 5.91 Å². The summed E-state index contributed by atoms with van der Waals surface area (Å²) >= 11 is 3.01. The second-order valence-electron chi connectivity index (χ2n) is 5.07. The molecule has 0 saturated heterocycles. The normalized spacial score (nSPS) is 10.8. The van der Waals surface area contributed by atoms with Gasteiger partial charge in [0.05, 0.1) is 9.40 Å². The van der Waals surface area contributed by atoms with E-state index >= 15 is 0 Å². The van der Waals surface area contributed by atoms with E-state index in [4.69, 9.17) is 0 Å². The Kier molecular flexibility index (Phi) is 5.52. The van der Waals surface area contributed by atoms with Gasteiger partial charge in [0.1, 0.15) is 11.6 Å². The number of amides is 1. The van der Waals surface area contributed by atoms with Crippen LogP contribution in [0.4, 0.5) is 11.4 Å². The molecular formula is C17H12BrN3O4. The number of anilines is 1. The van der Waals surface area contributed by atoms with Gasteiger partial charge in [-0.2, -0.15) is 5.26 Å². The maximum Gasteiger partial charge on any atom is 0.312 e. The summed E-state index contributed by atoms with van der Waals surface area (Å²) in [5.74, 6) is -1.16. The minimum atomic E-state index is -0.753. The zero-order valence-corrected chi connectivity index (χ0v) is 14.6. The number of hydrogen-bond donors (Lipinski definition) is 2. The zero-order chi connectivity index (χ0) is 18.6. The van der Waals surface area contributed by atoms with E-state index in [1.165, 1.54) is 12.1 Å². The van der Waals surface area contributed by atoms with Gasteiger partial charge >= 0.3 is 5.69 Å². The highest BCUT2D eigenvalue weighted by Gasteiger charge is 2.18. The number of nitrogens with one attached hydrogen (secondary N) is 1. The van der Waals surface area contributed by atoms with Crippen LogP contribution in [-0.4, -0.2) is 15.9 Å². The van der Waals surface area contributed by atoms with Crippen LogP contribution in [0.3, 0.4) is 0 Å². The first-order valence-corrected chi connectivity index (χ1v) is 7.78. The molecule has 0 heterocycles. The lowest BCUT2D eigenvalue weighted by Crippen LogP contribution is -2.14. The van der Waals surface area contributed by atoms with Gasteiger partial charge in [0, 0.05) is 11.8 Å². The molecule has 0 fully saturated rings. The molecule has 0 saturated carbocycles. The summed E-state index contributed by atoms with van der Waals surface area (Å²) in [5, 5.41) is 32.5. The Labute approximate surface area is 151 Å². The maximum atomic E-state index is 12.3. The molecule has 0 aromatic heterocycles. The van der Waals surface area contributed by atoms with Crippen LogP contribution >= 0.6 is 15.9 Å². The molecule has 25 heavy (non-hydrogen) atoms. The molecule has 2 aromatic carbocycles. The lowest BCUT2D eigenvalue weighted by molar-refractivity contribution is -0.386. The fraction of sp³-hybridized carbons (Fsp3) is 0.0588. The summed E-state index contributed by atoms with van der Waals surface area (Å²) in [6.07, 6.45) is 1.21. The second-order valence-corrected chi connectivity index (χ2v) is 5.92. The van der Waals surface area contributed by atoms with Gasteiger partial charge in [-0.05, 0) is 52.2 Å². The van der Waals surface area contributed by atoms with Gasteiger partial charge in [-0.25, -0.2) is 0 Å². The van der Waals surface area contributed by atoms with E-state index in [0.717, 1.165) is 11.6 Å². The van der Waals surface area contributed by atoms with Crippen LogP contribution < -0.4 is 5.32 Å². The average molecular weight is 402 g/mol. The third-order valence-corrected chi connectivity index (χ3v) is 3.94. The van der Waals surface area contributed by atoms with Crippen LogP contribution in [0.1, 0.15) is 11.1 Å². The predicted molar refractivity (Wildman–Crippen MR) is 95.9 cm³/mol. The van der Waals surface area contributed by atoms with E-state index in [9.17, 15) is 25.3 Å². The molecule has 0 unspecified atom stereocenters. The maximum absolute atomic E-state index is 12.3. The fourth-order valence-corrected chi connectivity index (χ4v) is 2.51. The van der Waals surface area contributed by atoms with E-state index in [1.807, 2.05) is 19.1 Å². The van der Waals surface area contributed by atoms with Crippen LogP contribution in [0, 0.1) is 28.4 Å². The van der Waals surface area contributed by atoms with Crippen LogP contribution in [0.5, 0.6) is 5.75 Å². The van der Waals surface area contributed by atoms with Gasteiger partial charge in [-0.15, -0.1) is 0 Å². The van der Waals surface area contributed by atoms with Crippen molar-refractivity contribution in [2.75, 3.05) is 5.32 Å². The molecule has 0 radical (unpaired) electrons. The van der Waals surface area contributed by atoms with Crippen LogP contribution in [0.15, 0.2) is 46.4 Å². The summed E-state index contributed by atoms with van der Waals surface area (Å²) in [4.78, 5) is 22.5. The Balaban J connectivity index is 2.38. The first-order valence-electron chi connectivity index (χ1n) is 6.99. The summed E-state index contributed by atoms with van der Waals surface area (Å²) < 4.78 is 0.0875. The molecule has 0 aliphatic rings. The third-order valence-electron chi connectivity index (χ3n) is 3.33. The van der Waals surface area contributed by atoms with Crippen molar-refractivity contribution in [2.24, 2.45) is 0 Å². The van der Waals surface area contributed by atoms with Crippen LogP contribution in [0.25, 0.3) is 6.08 Å². The number of halogens is 1. The summed E-state index contributed by atoms with van der Waals surface area (Å²) in [6.45, 7) is 1.81. The number of nitriles is 1. The number of rotatable bonds is 4. The van der Waals surface area contributed by atoms with E-state index in [0.29, 0.717) is 5.69 Å². The summed E-state index contributed by atoms with van der Waals surface area (Å²) in [5.41, 5.74) is 0.864. The molecule has 8 heteroatoms. The monoisotopic (exact) mass is 401 g/mol. The molecular weight excluding hydrogens is 390 g/mol. The highest BCUT2D eigenvalue weighted by atomic mass is 79.9. The largest absolute Gasteiger partial charge is 0.501 e. The summed E-state index contributed by atoms with van der Waals surface area (Å²) in [7, 11) is 0. The summed E-state index contributed by atoms with van der Waals surface area (Å²) in [6, 6.07) is 11.3. The van der Waals surface area contributed by atoms with Crippen molar-refractivity contribution in [3.05, 3.63) is 67.7 Å². The molecule has 0 atom stereocenters. The lowest BCUT2D eigenvalue weighted by Gasteiger charge is -2.07. The molecule has 0 aliphatic carbocycles. The number of phenols is 1. The topological polar surface area (TPSA) is 116 Å². The van der Waals surface area contributed by atoms with Gasteiger partial charge < -0.3 is 10.4 Å². The quantitative estimate of drug-likeness (QED) is 0.348. The molecule has 7 nitrogen and oxygen atoms in total. The molecule has 2 aromatic rings. The van der Waals surface area contributed by atoms with E-state index in [2.05, 4.69) is 21.2 Å². The van der Waals surface area contributed by atoms with Crippen molar-refractivity contribution in [2.45, 2.75) is 6.92 Å². The van der Waals surface area contributed by atoms with Crippen molar-refractivity contribution in [3.8, 4) is 11.8 Å². The Hall–Kier alpha value is -3.18. The van der Waals surface area contributed by atoms with E-state index < -0.39 is 22.3 Å². The van der Waals surface area contributed by atoms with Crippen LogP contribution in [0.2, 0.25) is 0 Å². The first kappa shape index (κ1) is 18.2. The number of nitrogens with zero attached hydrogens (tertiary/aromatic N) is 2. The molecule has 2 rings (SSSR count). The van der Waals surface area contributed by atoms with E-state index in [1.54, 1.807) is 18.2 Å². The first-order chi connectivity index (χ1) is 11.8. The number of nitro benzene ring substituents is 1. The Morgan fingerprint density at radius 3 is 2.68 bits per heavy atom. The number of nitro groups is 1. The van der Waals surface area contributed by atoms with Crippen LogP contribution in [-0.2, 0) is 4.79 Å². The number of hydrogen-bond acceptors (Lipinski definition) is 5. The Bertz CT molecular complexity index is 932. The van der Waals surface area contributed by atoms with Gasteiger partial charge in [0.15, 0.2) is 0 Å². The third kappa shape index (κ3) is 4.22. The standard InChI is InChI=1S/C17H12BrN3O4/c1-10-4-2-3-5-14(10)20-17(23)12(9-19)6-11-7-13(18)16(22)15(8-11)21(24)25/h2-8,22H,1H3,(H,20,23)/b12-6-. The number of benzene rings is 2. The van der Waals surface area contributed by atoms with Crippen molar-refractivity contribution in [3.63, 3.8) is 0 Å². The van der Waals surface area contributed by atoms with E-state index in [-0.39, 0.29) is 15.6 Å². The van der Waals surface area contributed by atoms with Crippen molar-refractivity contribution in [1.82, 2.24) is 0 Å². The Morgan fingerprint density at radius 2 is 2.08 bits per heavy atom. The highest BCUT2D eigenvalue weighted by molar-refractivity contribution is 9.10. The molecule has 0 aliphatic heterocycles. The number of carbonyl (C=O) groups is 1. The fourth-order valence-electron chi connectivity index (χ4n) is 2.05. The number of aryl methyl sites for hydroxylation is 1. The Morgan fingerprint density at radius 1 is 1.40 bits per heavy atom. The highest BCUT2D eigenvalue weighted by Crippen LogP contribution is 2.35. The van der Waals surface area contributed by atoms with Crippen molar-refractivity contribution >= 4 is 39.3 Å². The molecule has 0 spiro atoms. The predicted octanol–water partition coefficient (Wildman–Crippen LogP) is 3.92. The second kappa shape index (κ2) is 7.59. The van der Waals surface area contributed by atoms with Gasteiger partial charge in [0.2, 0.25) is 5.75 Å². The van der Waals surface area contributed by atoms with Gasteiger partial charge in [-0.1, -0.05) is 18.2 Å². The number of aromatic hydroxyl groups is 1. The van der Waals surface area contributed by atoms with Crippen molar-refractivity contribution < 1.29 is 14.8 Å². The van der Waals surface area contributed by atoms with Gasteiger partial charge in [-0.3, -0.25) is 14.9 Å². The minimum Gasteiger partial charge on any atom is -0.501 e. The smallest absolute Gasteiger partial charge is 0.312 e. The lowest BCUT2D eigenvalue weighted by atomic mass is 10.1. The number of para-hydroxylation sites is 1. The molecule has 2 N–H and O–H groups in total. The molecule has 0 bridgehead atoms. The SMILES string of the molecule is Cc1ccccc1NC(=O)/C(C#N)=C\c1cc(Br)c(O)c([N+](=O)[O-])c1. The minimum absolute atomic E-state index is 0.0875. The van der Waals surface area contributed by atoms with Crippen molar-refractivity contribution in [1.29, 1.82) is 5.26 Å². The molecule has 126 valence electrons. The number of phenolic OH excluding ortho intramolecular Hbond substituents is 1. The average Bonchev–Trinajstić information content (AvgIpc) is 2.57. The number of carbonyl (C=O) groups excluding carboxylic acids is 1. The zero-order valence-electron chi connectivity index (χ0n) is 13.0. The molecule has 1 amide bonds.